The second-order valence-electron chi connectivity index (χ2n) is 6.73. The van der Waals surface area contributed by atoms with Gasteiger partial charge in [-0.25, -0.2) is 4.79 Å². The number of alkyl carbamates (subject to hydrolysis) is 1. The van der Waals surface area contributed by atoms with Crippen LogP contribution >= 0.6 is 0 Å². The molecule has 0 saturated carbocycles. The average Bonchev–Trinajstić information content (AvgIpc) is 2.41. The molecule has 0 aromatic heterocycles. The molecule has 0 aromatic carbocycles. The third-order valence-corrected chi connectivity index (χ3v) is 3.53. The third kappa shape index (κ3) is 3.35. The number of ether oxygens (including phenoxy) is 1. The van der Waals surface area contributed by atoms with Gasteiger partial charge in [-0.05, 0) is 53.4 Å². The summed E-state index contributed by atoms with van der Waals surface area (Å²) in [6.07, 6.45) is 4.18. The number of carbonyl (C=O) groups is 1. The van der Waals surface area contributed by atoms with Crippen molar-refractivity contribution >= 4 is 6.09 Å². The number of carbonyl (C=O) groups excluding carboxylic acids is 1. The zero-order valence-corrected chi connectivity index (χ0v) is 11.3. The van der Waals surface area contributed by atoms with E-state index in [0.717, 1.165) is 12.8 Å². The Bertz CT molecular complexity index is 297. The van der Waals surface area contributed by atoms with Crippen LogP contribution in [0.5, 0.6) is 0 Å². The molecule has 0 aliphatic carbocycles. The van der Waals surface area contributed by atoms with Crippen molar-refractivity contribution in [3.63, 3.8) is 0 Å². The average molecular weight is 240 g/mol. The summed E-state index contributed by atoms with van der Waals surface area (Å²) in [4.78, 5) is 11.8. The van der Waals surface area contributed by atoms with Crippen molar-refractivity contribution in [3.8, 4) is 0 Å². The predicted molar refractivity (Wildman–Crippen MR) is 67.0 cm³/mol. The Labute approximate surface area is 103 Å². The quantitative estimate of drug-likeness (QED) is 0.738. The minimum atomic E-state index is -0.424. The van der Waals surface area contributed by atoms with E-state index in [0.29, 0.717) is 12.1 Å². The Morgan fingerprint density at radius 2 is 1.82 bits per heavy atom. The van der Waals surface area contributed by atoms with E-state index in [1.807, 2.05) is 20.8 Å². The van der Waals surface area contributed by atoms with Crippen LogP contribution < -0.4 is 10.6 Å². The molecular formula is C13H24N2O2. The van der Waals surface area contributed by atoms with Gasteiger partial charge >= 0.3 is 6.09 Å². The van der Waals surface area contributed by atoms with E-state index >= 15 is 0 Å². The summed E-state index contributed by atoms with van der Waals surface area (Å²) in [7, 11) is 0. The first-order chi connectivity index (χ1) is 7.76. The van der Waals surface area contributed by atoms with Gasteiger partial charge in [-0.15, -0.1) is 0 Å². The Hall–Kier alpha value is -0.770. The summed E-state index contributed by atoms with van der Waals surface area (Å²) in [6.45, 7) is 7.80. The van der Waals surface area contributed by atoms with Gasteiger partial charge in [-0.1, -0.05) is 0 Å². The van der Waals surface area contributed by atoms with E-state index in [9.17, 15) is 4.79 Å². The van der Waals surface area contributed by atoms with Crippen molar-refractivity contribution in [2.75, 3.05) is 0 Å². The maximum Gasteiger partial charge on any atom is 0.408 e. The van der Waals surface area contributed by atoms with Crippen molar-refractivity contribution in [3.05, 3.63) is 0 Å². The Morgan fingerprint density at radius 3 is 2.29 bits per heavy atom. The molecule has 2 fully saturated rings. The van der Waals surface area contributed by atoms with Crippen LogP contribution in [-0.2, 0) is 4.74 Å². The van der Waals surface area contributed by atoms with Gasteiger partial charge in [0.05, 0.1) is 0 Å². The number of fused-ring (bicyclic) bond motifs is 2. The van der Waals surface area contributed by atoms with Gasteiger partial charge in [-0.3, -0.25) is 0 Å². The normalized spacial score (nSPS) is 36.7. The standard InChI is InChI=1S/C13H24N2O2/c1-12(2,3)17-11(16)15-13(4)7-9-5-6-10(8-13)14-9/h9-10,14H,5-8H2,1-4H3,(H,15,16)/t9-,10+,13?. The van der Waals surface area contributed by atoms with Crippen LogP contribution in [0.1, 0.15) is 53.4 Å². The van der Waals surface area contributed by atoms with Gasteiger partial charge in [0.1, 0.15) is 5.60 Å². The minimum absolute atomic E-state index is 0.112. The molecule has 17 heavy (non-hydrogen) atoms. The van der Waals surface area contributed by atoms with E-state index in [2.05, 4.69) is 17.6 Å². The minimum Gasteiger partial charge on any atom is -0.444 e. The molecule has 2 aliphatic rings. The van der Waals surface area contributed by atoms with Crippen LogP contribution in [0.25, 0.3) is 0 Å². The second kappa shape index (κ2) is 4.16. The first-order valence-corrected chi connectivity index (χ1v) is 6.53. The fourth-order valence-corrected chi connectivity index (χ4v) is 3.05. The number of piperidine rings is 1. The number of hydrogen-bond donors (Lipinski definition) is 2. The predicted octanol–water partition coefficient (Wildman–Crippen LogP) is 2.18. The maximum atomic E-state index is 11.8. The van der Waals surface area contributed by atoms with Gasteiger partial charge in [0.25, 0.3) is 0 Å². The number of rotatable bonds is 1. The molecule has 2 rings (SSSR count). The third-order valence-electron chi connectivity index (χ3n) is 3.53. The van der Waals surface area contributed by atoms with Crippen molar-refractivity contribution in [2.24, 2.45) is 0 Å². The molecule has 0 spiro atoms. The lowest BCUT2D eigenvalue weighted by Crippen LogP contribution is -2.56. The molecule has 0 radical (unpaired) electrons. The monoisotopic (exact) mass is 240 g/mol. The van der Waals surface area contributed by atoms with Gasteiger partial charge in [0.2, 0.25) is 0 Å². The highest BCUT2D eigenvalue weighted by Crippen LogP contribution is 2.33. The van der Waals surface area contributed by atoms with Gasteiger partial charge in [0, 0.05) is 17.6 Å². The highest BCUT2D eigenvalue weighted by atomic mass is 16.6. The lowest BCUT2D eigenvalue weighted by molar-refractivity contribution is 0.0429. The van der Waals surface area contributed by atoms with Crippen molar-refractivity contribution in [1.29, 1.82) is 0 Å². The van der Waals surface area contributed by atoms with Gasteiger partial charge < -0.3 is 15.4 Å². The largest absolute Gasteiger partial charge is 0.444 e. The van der Waals surface area contributed by atoms with Crippen molar-refractivity contribution in [2.45, 2.75) is 76.6 Å². The highest BCUT2D eigenvalue weighted by molar-refractivity contribution is 5.68. The smallest absolute Gasteiger partial charge is 0.408 e. The van der Waals surface area contributed by atoms with Gasteiger partial charge in [-0.2, -0.15) is 0 Å². The summed E-state index contributed by atoms with van der Waals surface area (Å²) >= 11 is 0. The van der Waals surface area contributed by atoms with Crippen LogP contribution in [0.3, 0.4) is 0 Å². The first-order valence-electron chi connectivity index (χ1n) is 6.53. The lowest BCUT2D eigenvalue weighted by Gasteiger charge is -2.39. The van der Waals surface area contributed by atoms with Crippen molar-refractivity contribution < 1.29 is 9.53 Å². The molecule has 2 saturated heterocycles. The Balaban J connectivity index is 1.91. The highest BCUT2D eigenvalue weighted by Gasteiger charge is 2.42. The molecule has 4 nitrogen and oxygen atoms in total. The van der Waals surface area contributed by atoms with Crippen LogP contribution in [0.2, 0.25) is 0 Å². The summed E-state index contributed by atoms with van der Waals surface area (Å²) in [5.41, 5.74) is -0.536. The van der Waals surface area contributed by atoms with Crippen molar-refractivity contribution in [1.82, 2.24) is 10.6 Å². The molecule has 2 N–H and O–H groups in total. The molecule has 3 atom stereocenters. The summed E-state index contributed by atoms with van der Waals surface area (Å²) in [5.74, 6) is 0. The van der Waals surface area contributed by atoms with Gasteiger partial charge in [0.15, 0.2) is 0 Å². The molecule has 2 heterocycles. The summed E-state index contributed by atoms with van der Waals surface area (Å²) in [6, 6.07) is 1.13. The first kappa shape index (κ1) is 12.7. The zero-order chi connectivity index (χ0) is 12.7. The Kier molecular flexibility index (Phi) is 3.10. The van der Waals surface area contributed by atoms with Crippen LogP contribution in [0.4, 0.5) is 4.79 Å². The second-order valence-corrected chi connectivity index (χ2v) is 6.73. The fraction of sp³-hybridized carbons (Fsp3) is 0.923. The summed E-state index contributed by atoms with van der Waals surface area (Å²) < 4.78 is 5.33. The number of hydrogen-bond acceptors (Lipinski definition) is 3. The molecule has 2 bridgehead atoms. The lowest BCUT2D eigenvalue weighted by atomic mass is 9.86. The SMILES string of the molecule is CC1(NC(=O)OC(C)(C)C)C[C@H]2CC[C@@H](C1)N2. The van der Waals surface area contributed by atoms with E-state index in [-0.39, 0.29) is 11.6 Å². The number of nitrogens with one attached hydrogen (secondary N) is 2. The summed E-state index contributed by atoms with van der Waals surface area (Å²) in [5, 5.41) is 6.63. The van der Waals surface area contributed by atoms with E-state index < -0.39 is 5.60 Å². The van der Waals surface area contributed by atoms with Crippen LogP contribution in [0, 0.1) is 0 Å². The number of amides is 1. The zero-order valence-electron chi connectivity index (χ0n) is 11.3. The van der Waals surface area contributed by atoms with E-state index in [1.165, 1.54) is 12.8 Å². The van der Waals surface area contributed by atoms with Crippen LogP contribution in [-0.4, -0.2) is 29.3 Å². The van der Waals surface area contributed by atoms with E-state index in [1.54, 1.807) is 0 Å². The molecular weight excluding hydrogens is 216 g/mol. The Morgan fingerprint density at radius 1 is 1.29 bits per heavy atom. The maximum absolute atomic E-state index is 11.8. The molecule has 2 aliphatic heterocycles. The molecule has 1 unspecified atom stereocenters. The topological polar surface area (TPSA) is 50.4 Å². The van der Waals surface area contributed by atoms with E-state index in [4.69, 9.17) is 4.74 Å². The molecule has 98 valence electrons. The molecule has 4 heteroatoms. The molecule has 1 amide bonds. The van der Waals surface area contributed by atoms with Crippen LogP contribution in [0.15, 0.2) is 0 Å². The fourth-order valence-electron chi connectivity index (χ4n) is 3.05. The molecule has 0 aromatic rings.